The van der Waals surface area contributed by atoms with Gasteiger partial charge in [-0.25, -0.2) is 9.98 Å². The number of hydrogen-bond donors (Lipinski definition) is 2. The molecule has 0 atom stereocenters. The minimum atomic E-state index is 0.215. The van der Waals surface area contributed by atoms with E-state index >= 15 is 0 Å². The molecule has 2 N–H and O–H groups in total. The van der Waals surface area contributed by atoms with Crippen molar-refractivity contribution in [3.05, 3.63) is 51.9 Å². The molecule has 1 aromatic carbocycles. The summed E-state index contributed by atoms with van der Waals surface area (Å²) < 4.78 is 1.05. The summed E-state index contributed by atoms with van der Waals surface area (Å²) in [7, 11) is 0. The van der Waals surface area contributed by atoms with Crippen LogP contribution in [0.25, 0.3) is 10.9 Å². The van der Waals surface area contributed by atoms with E-state index in [4.69, 9.17) is 0 Å². The molecule has 4 nitrogen and oxygen atoms in total. The van der Waals surface area contributed by atoms with E-state index in [0.29, 0.717) is 11.4 Å². The fourth-order valence-electron chi connectivity index (χ4n) is 1.77. The van der Waals surface area contributed by atoms with Gasteiger partial charge in [-0.3, -0.25) is 0 Å². The second kappa shape index (κ2) is 5.00. The molecular weight excluding hydrogens is 353 g/mol. The van der Waals surface area contributed by atoms with Gasteiger partial charge >= 0.3 is 0 Å². The molecule has 3 aromatic rings. The summed E-state index contributed by atoms with van der Waals surface area (Å²) in [6.07, 6.45) is 5.24. The highest BCUT2D eigenvalue weighted by atomic mass is 127. The van der Waals surface area contributed by atoms with Crippen molar-refractivity contribution < 1.29 is 5.11 Å². The monoisotopic (exact) mass is 363 g/mol. The Morgan fingerprint density at radius 2 is 2.16 bits per heavy atom. The highest BCUT2D eigenvalue weighted by molar-refractivity contribution is 14.1. The number of halogens is 1. The smallest absolute Gasteiger partial charge is 0.152 e. The van der Waals surface area contributed by atoms with Crippen LogP contribution in [0.4, 0.5) is 5.82 Å². The molecule has 0 saturated heterocycles. The molecule has 0 unspecified atom stereocenters. The Balaban J connectivity index is 1.95. The molecule has 0 saturated carbocycles. The van der Waals surface area contributed by atoms with E-state index in [2.05, 4.69) is 37.6 Å². The highest BCUT2D eigenvalue weighted by Gasteiger charge is 2.00. The van der Waals surface area contributed by atoms with E-state index in [1.54, 1.807) is 18.5 Å². The van der Waals surface area contributed by atoms with E-state index in [0.717, 1.165) is 14.5 Å². The molecule has 94 valence electrons. The van der Waals surface area contributed by atoms with Crippen LogP contribution in [-0.4, -0.2) is 21.3 Å². The van der Waals surface area contributed by atoms with Crippen LogP contribution in [0.1, 0.15) is 5.56 Å². The maximum Gasteiger partial charge on any atom is 0.152 e. The first kappa shape index (κ1) is 12.2. The average molecular weight is 363 g/mol. The molecule has 0 aliphatic carbocycles. The number of phenols is 1. The van der Waals surface area contributed by atoms with Crippen molar-refractivity contribution >= 4 is 45.5 Å². The van der Waals surface area contributed by atoms with Crippen LogP contribution in [0.2, 0.25) is 0 Å². The van der Waals surface area contributed by atoms with E-state index in [9.17, 15) is 5.11 Å². The van der Waals surface area contributed by atoms with Crippen LogP contribution in [0.3, 0.4) is 0 Å². The molecule has 0 aliphatic heterocycles. The minimum Gasteiger partial charge on any atom is -0.507 e. The summed E-state index contributed by atoms with van der Waals surface area (Å²) in [5, 5.41) is 10.8. The van der Waals surface area contributed by atoms with E-state index in [1.165, 1.54) is 0 Å². The third-order valence-electron chi connectivity index (χ3n) is 2.75. The Bertz CT molecular complexity index is 764. The van der Waals surface area contributed by atoms with Crippen LogP contribution in [-0.2, 0) is 0 Å². The predicted molar refractivity (Wildman–Crippen MR) is 84.2 cm³/mol. The van der Waals surface area contributed by atoms with Crippen LogP contribution >= 0.6 is 22.6 Å². The summed E-state index contributed by atoms with van der Waals surface area (Å²) in [6.45, 7) is 0. The van der Waals surface area contributed by atoms with Gasteiger partial charge in [-0.2, -0.15) is 0 Å². The summed E-state index contributed by atoms with van der Waals surface area (Å²) in [5.74, 6) is 0.831. The molecule has 0 aliphatic rings. The summed E-state index contributed by atoms with van der Waals surface area (Å²) in [6, 6.07) is 9.24. The second-order valence-electron chi connectivity index (χ2n) is 4.07. The summed E-state index contributed by atoms with van der Waals surface area (Å²) >= 11 is 2.19. The standard InChI is InChI=1S/C14H10IN3O/c15-11-1-2-13(19)10(5-11)7-17-14-6-9-3-4-16-12(9)8-18-14/h1-8,16,19H/b17-7+. The normalized spacial score (nSPS) is 11.4. The van der Waals surface area contributed by atoms with Crippen LogP contribution in [0.5, 0.6) is 5.75 Å². The molecule has 0 fully saturated rings. The molecule has 0 amide bonds. The molecule has 19 heavy (non-hydrogen) atoms. The van der Waals surface area contributed by atoms with Gasteiger partial charge in [-0.15, -0.1) is 0 Å². The molecule has 3 rings (SSSR count). The number of pyridine rings is 1. The van der Waals surface area contributed by atoms with Gasteiger partial charge in [0.05, 0.1) is 11.7 Å². The van der Waals surface area contributed by atoms with Gasteiger partial charge in [0.25, 0.3) is 0 Å². The number of fused-ring (bicyclic) bond motifs is 1. The molecular formula is C14H10IN3O. The number of aromatic hydroxyl groups is 1. The van der Waals surface area contributed by atoms with Crippen LogP contribution < -0.4 is 0 Å². The van der Waals surface area contributed by atoms with Gasteiger partial charge in [-0.1, -0.05) is 0 Å². The third-order valence-corrected chi connectivity index (χ3v) is 3.42. The number of rotatable bonds is 2. The molecule has 2 aromatic heterocycles. The Hall–Kier alpha value is -1.89. The number of aliphatic imine (C=N–C) groups is 1. The van der Waals surface area contributed by atoms with Gasteiger partial charge in [0, 0.05) is 26.9 Å². The van der Waals surface area contributed by atoms with Gasteiger partial charge < -0.3 is 10.1 Å². The van der Waals surface area contributed by atoms with Crippen molar-refractivity contribution in [2.45, 2.75) is 0 Å². The van der Waals surface area contributed by atoms with Crippen molar-refractivity contribution in [3.8, 4) is 5.75 Å². The van der Waals surface area contributed by atoms with Crippen molar-refractivity contribution in [1.29, 1.82) is 0 Å². The molecule has 0 bridgehead atoms. The lowest BCUT2D eigenvalue weighted by Gasteiger charge is -1.99. The molecule has 5 heteroatoms. The number of hydrogen-bond acceptors (Lipinski definition) is 3. The zero-order chi connectivity index (χ0) is 13.2. The number of aromatic nitrogens is 2. The average Bonchev–Trinajstić information content (AvgIpc) is 2.87. The number of aromatic amines is 1. The highest BCUT2D eigenvalue weighted by Crippen LogP contribution is 2.20. The van der Waals surface area contributed by atoms with E-state index < -0.39 is 0 Å². The first-order valence-electron chi connectivity index (χ1n) is 5.68. The van der Waals surface area contributed by atoms with Crippen molar-refractivity contribution in [2.24, 2.45) is 4.99 Å². The van der Waals surface area contributed by atoms with E-state index in [-0.39, 0.29) is 5.75 Å². The lowest BCUT2D eigenvalue weighted by Crippen LogP contribution is -1.84. The van der Waals surface area contributed by atoms with Crippen molar-refractivity contribution in [2.75, 3.05) is 0 Å². The lowest BCUT2D eigenvalue weighted by molar-refractivity contribution is 0.474. The fraction of sp³-hybridized carbons (Fsp3) is 0. The topological polar surface area (TPSA) is 61.3 Å². The largest absolute Gasteiger partial charge is 0.507 e. The predicted octanol–water partition coefficient (Wildman–Crippen LogP) is 3.62. The van der Waals surface area contributed by atoms with Crippen molar-refractivity contribution in [1.82, 2.24) is 9.97 Å². The maximum atomic E-state index is 9.73. The quantitative estimate of drug-likeness (QED) is 0.540. The summed E-state index contributed by atoms with van der Waals surface area (Å²) in [4.78, 5) is 11.6. The molecule has 2 heterocycles. The Morgan fingerprint density at radius 1 is 1.26 bits per heavy atom. The number of phenolic OH excluding ortho intramolecular Hbond substituents is 1. The molecule has 0 spiro atoms. The first-order valence-corrected chi connectivity index (χ1v) is 6.76. The first-order chi connectivity index (χ1) is 9.22. The van der Waals surface area contributed by atoms with Crippen molar-refractivity contribution in [3.63, 3.8) is 0 Å². The van der Waals surface area contributed by atoms with Gasteiger partial charge in [0.15, 0.2) is 5.82 Å². The molecule has 0 radical (unpaired) electrons. The minimum absolute atomic E-state index is 0.215. The number of nitrogens with one attached hydrogen (secondary N) is 1. The van der Waals surface area contributed by atoms with Gasteiger partial charge in [0.1, 0.15) is 5.75 Å². The zero-order valence-electron chi connectivity index (χ0n) is 9.84. The van der Waals surface area contributed by atoms with E-state index in [1.807, 2.05) is 30.5 Å². The zero-order valence-corrected chi connectivity index (χ0v) is 12.0. The fourth-order valence-corrected chi connectivity index (χ4v) is 2.29. The number of benzene rings is 1. The van der Waals surface area contributed by atoms with Crippen LogP contribution in [0, 0.1) is 3.57 Å². The van der Waals surface area contributed by atoms with Gasteiger partial charge in [0.2, 0.25) is 0 Å². The Labute approximate surface area is 123 Å². The van der Waals surface area contributed by atoms with Crippen LogP contribution in [0.15, 0.2) is 47.7 Å². The summed E-state index contributed by atoms with van der Waals surface area (Å²) in [5.41, 5.74) is 1.67. The Kier molecular flexibility index (Phi) is 3.20. The number of nitrogens with zero attached hydrogens (tertiary/aromatic N) is 2. The van der Waals surface area contributed by atoms with Gasteiger partial charge in [-0.05, 0) is 52.9 Å². The number of H-pyrrole nitrogens is 1. The Morgan fingerprint density at radius 3 is 3.05 bits per heavy atom. The SMILES string of the molecule is Oc1ccc(I)cc1/C=N/c1cc2cc[nH]c2cn1. The lowest BCUT2D eigenvalue weighted by atomic mass is 10.2. The second-order valence-corrected chi connectivity index (χ2v) is 5.31. The third kappa shape index (κ3) is 2.60. The maximum absolute atomic E-state index is 9.73.